The Morgan fingerprint density at radius 2 is 1.93 bits per heavy atom. The van der Waals surface area contributed by atoms with Crippen molar-refractivity contribution in [2.24, 2.45) is 0 Å². The number of nitrogens with zero attached hydrogens (tertiary/aromatic N) is 2. The third-order valence-electron chi connectivity index (χ3n) is 2.05. The van der Waals surface area contributed by atoms with Gasteiger partial charge < -0.3 is 5.11 Å². The standard InChI is InChI=1S/C9H7F3N2O/c10-9(11,12)8-13-6-3-1-2-4-7(6)14(8)5-15/h1-4,15H,5H2. The molecule has 1 aromatic carbocycles. The first-order valence-corrected chi connectivity index (χ1v) is 4.17. The molecule has 0 aliphatic rings. The van der Waals surface area contributed by atoms with E-state index < -0.39 is 18.7 Å². The second kappa shape index (κ2) is 3.23. The minimum atomic E-state index is -4.55. The third kappa shape index (κ3) is 1.56. The maximum absolute atomic E-state index is 12.5. The average Bonchev–Trinajstić information content (AvgIpc) is 2.55. The number of hydrogen-bond acceptors (Lipinski definition) is 2. The number of fused-ring (bicyclic) bond motifs is 1. The Hall–Kier alpha value is -1.56. The smallest absolute Gasteiger partial charge is 0.376 e. The van der Waals surface area contributed by atoms with E-state index in [2.05, 4.69) is 4.98 Å². The minimum absolute atomic E-state index is 0.221. The number of benzene rings is 1. The van der Waals surface area contributed by atoms with Crippen LogP contribution in [0.2, 0.25) is 0 Å². The van der Waals surface area contributed by atoms with Crippen LogP contribution in [-0.4, -0.2) is 14.7 Å². The average molecular weight is 216 g/mol. The molecule has 2 rings (SSSR count). The number of aliphatic hydroxyl groups is 1. The zero-order chi connectivity index (χ0) is 11.1. The molecule has 1 heterocycles. The summed E-state index contributed by atoms with van der Waals surface area (Å²) in [6, 6.07) is 6.14. The fourth-order valence-electron chi connectivity index (χ4n) is 1.44. The fraction of sp³-hybridized carbons (Fsp3) is 0.222. The summed E-state index contributed by atoms with van der Waals surface area (Å²) in [7, 11) is 0. The van der Waals surface area contributed by atoms with Gasteiger partial charge in [0.15, 0.2) is 0 Å². The van der Waals surface area contributed by atoms with Crippen LogP contribution in [0.25, 0.3) is 11.0 Å². The molecule has 80 valence electrons. The molecular formula is C9H7F3N2O. The summed E-state index contributed by atoms with van der Waals surface area (Å²) >= 11 is 0. The van der Waals surface area contributed by atoms with E-state index in [0.29, 0.717) is 0 Å². The number of aliphatic hydroxyl groups excluding tert-OH is 1. The van der Waals surface area contributed by atoms with Crippen molar-refractivity contribution in [3.05, 3.63) is 30.1 Å². The molecule has 0 amide bonds. The van der Waals surface area contributed by atoms with Gasteiger partial charge in [-0.3, -0.25) is 4.57 Å². The normalized spacial score (nSPS) is 12.3. The van der Waals surface area contributed by atoms with E-state index in [1.807, 2.05) is 0 Å². The second-order valence-electron chi connectivity index (χ2n) is 2.99. The predicted molar refractivity (Wildman–Crippen MR) is 47.0 cm³/mol. The maximum atomic E-state index is 12.5. The van der Waals surface area contributed by atoms with Crippen LogP contribution in [0, 0.1) is 0 Å². The van der Waals surface area contributed by atoms with Crippen molar-refractivity contribution in [2.45, 2.75) is 12.9 Å². The highest BCUT2D eigenvalue weighted by molar-refractivity contribution is 5.75. The molecular weight excluding hydrogens is 209 g/mol. The highest BCUT2D eigenvalue weighted by atomic mass is 19.4. The number of alkyl halides is 3. The SMILES string of the molecule is OCn1c(C(F)(F)F)nc2ccccc21. The Labute approximate surface area is 82.8 Å². The monoisotopic (exact) mass is 216 g/mol. The number of hydrogen-bond donors (Lipinski definition) is 1. The highest BCUT2D eigenvalue weighted by Crippen LogP contribution is 2.30. The summed E-state index contributed by atoms with van der Waals surface area (Å²) in [6.45, 7) is -0.741. The highest BCUT2D eigenvalue weighted by Gasteiger charge is 2.37. The molecule has 2 aromatic rings. The molecule has 0 radical (unpaired) electrons. The van der Waals surface area contributed by atoms with Gasteiger partial charge in [-0.15, -0.1) is 0 Å². The van der Waals surface area contributed by atoms with E-state index in [4.69, 9.17) is 5.11 Å². The Balaban J connectivity index is 2.75. The van der Waals surface area contributed by atoms with Crippen molar-refractivity contribution in [3.63, 3.8) is 0 Å². The van der Waals surface area contributed by atoms with E-state index >= 15 is 0 Å². The first kappa shape index (κ1) is 9.97. The van der Waals surface area contributed by atoms with Crippen molar-refractivity contribution in [1.82, 2.24) is 9.55 Å². The largest absolute Gasteiger partial charge is 0.449 e. The molecule has 0 atom stereocenters. The Bertz CT molecular complexity index is 490. The summed E-state index contributed by atoms with van der Waals surface area (Å²) in [6.07, 6.45) is -4.55. The minimum Gasteiger partial charge on any atom is -0.376 e. The molecule has 1 aromatic heterocycles. The summed E-state index contributed by atoms with van der Waals surface area (Å²) in [5, 5.41) is 8.89. The molecule has 0 aliphatic heterocycles. The second-order valence-corrected chi connectivity index (χ2v) is 2.99. The quantitative estimate of drug-likeness (QED) is 0.791. The van der Waals surface area contributed by atoms with Crippen molar-refractivity contribution in [3.8, 4) is 0 Å². The molecule has 0 spiro atoms. The molecule has 0 unspecified atom stereocenters. The van der Waals surface area contributed by atoms with Gasteiger partial charge in [-0.25, -0.2) is 4.98 Å². The number of para-hydroxylation sites is 2. The Morgan fingerprint density at radius 1 is 1.27 bits per heavy atom. The molecule has 0 saturated heterocycles. The van der Waals surface area contributed by atoms with E-state index in [9.17, 15) is 13.2 Å². The first-order valence-electron chi connectivity index (χ1n) is 4.17. The number of aromatic nitrogens is 2. The lowest BCUT2D eigenvalue weighted by Gasteiger charge is -2.07. The van der Waals surface area contributed by atoms with Crippen LogP contribution in [0.5, 0.6) is 0 Å². The molecule has 3 nitrogen and oxygen atoms in total. The Morgan fingerprint density at radius 3 is 2.53 bits per heavy atom. The molecule has 0 fully saturated rings. The van der Waals surface area contributed by atoms with Gasteiger partial charge in [0.2, 0.25) is 5.82 Å². The van der Waals surface area contributed by atoms with Crippen molar-refractivity contribution < 1.29 is 18.3 Å². The number of halogens is 3. The first-order chi connectivity index (χ1) is 7.04. The Kier molecular flexibility index (Phi) is 2.15. The van der Waals surface area contributed by atoms with E-state index in [-0.39, 0.29) is 11.0 Å². The number of imidazole rings is 1. The van der Waals surface area contributed by atoms with Gasteiger partial charge in [0, 0.05) is 0 Å². The van der Waals surface area contributed by atoms with Gasteiger partial charge in [-0.1, -0.05) is 12.1 Å². The van der Waals surface area contributed by atoms with Gasteiger partial charge in [0.25, 0.3) is 0 Å². The van der Waals surface area contributed by atoms with E-state index in [1.165, 1.54) is 12.1 Å². The van der Waals surface area contributed by atoms with Crippen molar-refractivity contribution in [2.75, 3.05) is 0 Å². The predicted octanol–water partition coefficient (Wildman–Crippen LogP) is 2.00. The van der Waals surface area contributed by atoms with Crippen LogP contribution in [0.15, 0.2) is 24.3 Å². The zero-order valence-electron chi connectivity index (χ0n) is 7.49. The molecule has 0 bridgehead atoms. The summed E-state index contributed by atoms with van der Waals surface area (Å²) in [4.78, 5) is 3.43. The van der Waals surface area contributed by atoms with Gasteiger partial charge in [0.05, 0.1) is 11.0 Å². The fourth-order valence-corrected chi connectivity index (χ4v) is 1.44. The van der Waals surface area contributed by atoms with Crippen LogP contribution in [0.1, 0.15) is 5.82 Å². The molecule has 1 N–H and O–H groups in total. The lowest BCUT2D eigenvalue weighted by atomic mass is 10.3. The maximum Gasteiger partial charge on any atom is 0.449 e. The lowest BCUT2D eigenvalue weighted by molar-refractivity contribution is -0.148. The van der Waals surface area contributed by atoms with Gasteiger partial charge >= 0.3 is 6.18 Å². The summed E-state index contributed by atoms with van der Waals surface area (Å²) in [5.74, 6) is -1.08. The van der Waals surface area contributed by atoms with Crippen molar-refractivity contribution >= 4 is 11.0 Å². The zero-order valence-corrected chi connectivity index (χ0v) is 7.49. The molecule has 6 heteroatoms. The van der Waals surface area contributed by atoms with Crippen LogP contribution >= 0.6 is 0 Å². The van der Waals surface area contributed by atoms with Crippen LogP contribution < -0.4 is 0 Å². The van der Waals surface area contributed by atoms with Crippen LogP contribution in [-0.2, 0) is 12.9 Å². The van der Waals surface area contributed by atoms with Gasteiger partial charge in [-0.05, 0) is 12.1 Å². The van der Waals surface area contributed by atoms with Crippen LogP contribution in [0.3, 0.4) is 0 Å². The molecule has 0 saturated carbocycles. The van der Waals surface area contributed by atoms with Crippen molar-refractivity contribution in [1.29, 1.82) is 0 Å². The number of rotatable bonds is 1. The third-order valence-corrected chi connectivity index (χ3v) is 2.05. The topological polar surface area (TPSA) is 38.0 Å². The molecule has 0 aliphatic carbocycles. The van der Waals surface area contributed by atoms with E-state index in [1.54, 1.807) is 12.1 Å². The van der Waals surface area contributed by atoms with Gasteiger partial charge in [-0.2, -0.15) is 13.2 Å². The van der Waals surface area contributed by atoms with Crippen LogP contribution in [0.4, 0.5) is 13.2 Å². The molecule has 15 heavy (non-hydrogen) atoms. The summed E-state index contributed by atoms with van der Waals surface area (Å²) < 4.78 is 38.2. The summed E-state index contributed by atoms with van der Waals surface area (Å²) in [5.41, 5.74) is 0.492. The van der Waals surface area contributed by atoms with Gasteiger partial charge in [0.1, 0.15) is 6.73 Å². The van der Waals surface area contributed by atoms with E-state index in [0.717, 1.165) is 4.57 Å². The lowest BCUT2D eigenvalue weighted by Crippen LogP contribution is -2.14.